The molecule has 0 amide bonds. The molecular weight excluding hydrogens is 142 g/mol. The second-order valence-corrected chi connectivity index (χ2v) is 3.58. The fraction of sp³-hybridized carbons (Fsp3) is 0.875. The molecule has 1 aliphatic carbocycles. The van der Waals surface area contributed by atoms with Crippen LogP contribution in [-0.4, -0.2) is 23.2 Å². The van der Waals surface area contributed by atoms with E-state index in [1.807, 2.05) is 0 Å². The first-order chi connectivity index (χ1) is 5.27. The summed E-state index contributed by atoms with van der Waals surface area (Å²) in [5.74, 6) is 0.0981. The van der Waals surface area contributed by atoms with E-state index in [0.29, 0.717) is 6.04 Å². The van der Waals surface area contributed by atoms with Gasteiger partial charge in [-0.3, -0.25) is 4.79 Å². The first-order valence-electron chi connectivity index (χ1n) is 4.26. The van der Waals surface area contributed by atoms with E-state index < -0.39 is 5.97 Å². The molecule has 2 N–H and O–H groups in total. The van der Waals surface area contributed by atoms with Gasteiger partial charge in [-0.2, -0.15) is 0 Å². The zero-order chi connectivity index (χ0) is 7.84. The molecular formula is C8H13NO2. The van der Waals surface area contributed by atoms with Crippen molar-refractivity contribution in [3.63, 3.8) is 0 Å². The number of hydrogen-bond acceptors (Lipinski definition) is 2. The van der Waals surface area contributed by atoms with E-state index in [-0.39, 0.29) is 6.04 Å². The van der Waals surface area contributed by atoms with Crippen molar-refractivity contribution in [2.24, 2.45) is 5.92 Å². The Hall–Kier alpha value is -0.570. The third-order valence-corrected chi connectivity index (χ3v) is 2.96. The van der Waals surface area contributed by atoms with Crippen LogP contribution in [-0.2, 0) is 4.79 Å². The number of piperidine rings is 1. The lowest BCUT2D eigenvalue weighted by Gasteiger charge is -2.43. The van der Waals surface area contributed by atoms with Crippen molar-refractivity contribution in [2.75, 3.05) is 0 Å². The standard InChI is InChI=1S/C8H13NO2/c10-8(11)7-4-2-5-1-3-6(5)9-7/h5-7,9H,1-4H2,(H,10,11). The van der Waals surface area contributed by atoms with Crippen LogP contribution < -0.4 is 5.32 Å². The van der Waals surface area contributed by atoms with Crippen LogP contribution in [0.5, 0.6) is 0 Å². The SMILES string of the molecule is O=C(O)C1CCC2CCC2N1. The minimum absolute atomic E-state index is 0.267. The Morgan fingerprint density at radius 1 is 1.27 bits per heavy atom. The normalized spacial score (nSPS) is 42.4. The fourth-order valence-electron chi connectivity index (χ4n) is 2.05. The van der Waals surface area contributed by atoms with Crippen molar-refractivity contribution < 1.29 is 9.90 Å². The zero-order valence-corrected chi connectivity index (χ0v) is 6.42. The molecule has 0 bridgehead atoms. The summed E-state index contributed by atoms with van der Waals surface area (Å²) in [6.45, 7) is 0. The summed E-state index contributed by atoms with van der Waals surface area (Å²) in [6, 6.07) is 0.251. The number of nitrogens with one attached hydrogen (secondary N) is 1. The van der Waals surface area contributed by atoms with E-state index in [1.165, 1.54) is 12.8 Å². The van der Waals surface area contributed by atoms with E-state index >= 15 is 0 Å². The van der Waals surface area contributed by atoms with Crippen LogP contribution in [0.3, 0.4) is 0 Å². The maximum absolute atomic E-state index is 10.6. The molecule has 3 nitrogen and oxygen atoms in total. The Bertz CT molecular complexity index is 181. The van der Waals surface area contributed by atoms with Gasteiger partial charge in [-0.15, -0.1) is 0 Å². The molecule has 1 saturated heterocycles. The van der Waals surface area contributed by atoms with Crippen LogP contribution in [0.4, 0.5) is 0 Å². The highest BCUT2D eigenvalue weighted by Crippen LogP contribution is 2.35. The highest BCUT2D eigenvalue weighted by atomic mass is 16.4. The Morgan fingerprint density at radius 2 is 2.00 bits per heavy atom. The highest BCUT2D eigenvalue weighted by molar-refractivity contribution is 5.73. The molecule has 0 radical (unpaired) electrons. The lowest BCUT2D eigenvalue weighted by Crippen LogP contribution is -2.55. The van der Waals surface area contributed by atoms with Crippen molar-refractivity contribution in [1.82, 2.24) is 5.32 Å². The monoisotopic (exact) mass is 155 g/mol. The Labute approximate surface area is 65.8 Å². The second-order valence-electron chi connectivity index (χ2n) is 3.58. The summed E-state index contributed by atoms with van der Waals surface area (Å²) in [5, 5.41) is 11.9. The lowest BCUT2D eigenvalue weighted by atomic mass is 9.73. The number of carbonyl (C=O) groups is 1. The molecule has 3 heteroatoms. The average molecular weight is 155 g/mol. The van der Waals surface area contributed by atoms with E-state index in [4.69, 9.17) is 5.11 Å². The Balaban J connectivity index is 1.93. The van der Waals surface area contributed by atoms with Gasteiger partial charge in [0.2, 0.25) is 0 Å². The largest absolute Gasteiger partial charge is 0.480 e. The third-order valence-electron chi connectivity index (χ3n) is 2.96. The minimum atomic E-state index is -0.685. The van der Waals surface area contributed by atoms with Crippen molar-refractivity contribution in [3.8, 4) is 0 Å². The van der Waals surface area contributed by atoms with Crippen molar-refractivity contribution in [2.45, 2.75) is 37.8 Å². The van der Waals surface area contributed by atoms with Crippen LogP contribution in [0.15, 0.2) is 0 Å². The van der Waals surface area contributed by atoms with Gasteiger partial charge in [-0.25, -0.2) is 0 Å². The molecule has 0 spiro atoms. The van der Waals surface area contributed by atoms with Crippen molar-refractivity contribution in [3.05, 3.63) is 0 Å². The van der Waals surface area contributed by atoms with Crippen molar-refractivity contribution in [1.29, 1.82) is 0 Å². The predicted molar refractivity (Wildman–Crippen MR) is 40.3 cm³/mol. The Morgan fingerprint density at radius 3 is 2.45 bits per heavy atom. The molecule has 2 fully saturated rings. The van der Waals surface area contributed by atoms with Gasteiger partial charge >= 0.3 is 5.97 Å². The molecule has 1 aliphatic heterocycles. The van der Waals surface area contributed by atoms with Gasteiger partial charge in [-0.05, 0) is 31.6 Å². The molecule has 2 aliphatic rings. The Kier molecular flexibility index (Phi) is 1.60. The van der Waals surface area contributed by atoms with E-state index in [9.17, 15) is 4.79 Å². The molecule has 1 heterocycles. The number of carboxylic acids is 1. The first kappa shape index (κ1) is 7.10. The van der Waals surface area contributed by atoms with Gasteiger partial charge in [0.1, 0.15) is 6.04 Å². The maximum Gasteiger partial charge on any atom is 0.320 e. The van der Waals surface area contributed by atoms with E-state index in [2.05, 4.69) is 5.32 Å². The quantitative estimate of drug-likeness (QED) is 0.583. The summed E-state index contributed by atoms with van der Waals surface area (Å²) < 4.78 is 0. The number of carboxylic acid groups (broad SMARTS) is 1. The molecule has 11 heavy (non-hydrogen) atoms. The minimum Gasteiger partial charge on any atom is -0.480 e. The molecule has 0 aromatic heterocycles. The summed E-state index contributed by atoms with van der Waals surface area (Å²) in [4.78, 5) is 10.6. The summed E-state index contributed by atoms with van der Waals surface area (Å²) in [7, 11) is 0. The lowest BCUT2D eigenvalue weighted by molar-refractivity contribution is -0.141. The molecule has 2 rings (SSSR count). The zero-order valence-electron chi connectivity index (χ0n) is 6.42. The first-order valence-corrected chi connectivity index (χ1v) is 4.26. The summed E-state index contributed by atoms with van der Waals surface area (Å²) in [6.07, 6.45) is 4.39. The van der Waals surface area contributed by atoms with Crippen LogP contribution in [0, 0.1) is 5.92 Å². The summed E-state index contributed by atoms with van der Waals surface area (Å²) >= 11 is 0. The van der Waals surface area contributed by atoms with Gasteiger partial charge in [0.05, 0.1) is 0 Å². The van der Waals surface area contributed by atoms with Crippen LogP contribution in [0.25, 0.3) is 0 Å². The van der Waals surface area contributed by atoms with Crippen LogP contribution in [0.1, 0.15) is 25.7 Å². The third kappa shape index (κ3) is 1.13. The predicted octanol–water partition coefficient (Wildman–Crippen LogP) is 0.602. The average Bonchev–Trinajstić information content (AvgIpc) is 1.91. The fourth-order valence-corrected chi connectivity index (χ4v) is 2.05. The molecule has 1 saturated carbocycles. The smallest absolute Gasteiger partial charge is 0.320 e. The molecule has 0 aromatic carbocycles. The molecule has 0 aromatic rings. The number of rotatable bonds is 1. The number of fused-ring (bicyclic) bond motifs is 1. The second kappa shape index (κ2) is 2.48. The van der Waals surface area contributed by atoms with E-state index in [0.717, 1.165) is 18.8 Å². The van der Waals surface area contributed by atoms with Crippen molar-refractivity contribution >= 4 is 5.97 Å². The molecule has 3 atom stereocenters. The van der Waals surface area contributed by atoms with Crippen LogP contribution >= 0.6 is 0 Å². The maximum atomic E-state index is 10.6. The molecule has 3 unspecified atom stereocenters. The van der Waals surface area contributed by atoms with Crippen LogP contribution in [0.2, 0.25) is 0 Å². The number of hydrogen-bond donors (Lipinski definition) is 2. The van der Waals surface area contributed by atoms with E-state index in [1.54, 1.807) is 0 Å². The highest BCUT2D eigenvalue weighted by Gasteiger charge is 2.38. The van der Waals surface area contributed by atoms with Gasteiger partial charge < -0.3 is 10.4 Å². The van der Waals surface area contributed by atoms with Gasteiger partial charge in [0, 0.05) is 6.04 Å². The van der Waals surface area contributed by atoms with Gasteiger partial charge in [0.15, 0.2) is 0 Å². The van der Waals surface area contributed by atoms with Gasteiger partial charge in [-0.1, -0.05) is 0 Å². The summed E-state index contributed by atoms with van der Waals surface area (Å²) in [5.41, 5.74) is 0. The topological polar surface area (TPSA) is 49.3 Å². The van der Waals surface area contributed by atoms with Gasteiger partial charge in [0.25, 0.3) is 0 Å². The molecule has 62 valence electrons. The number of aliphatic carboxylic acids is 1.